The quantitative estimate of drug-likeness (QED) is 0.791. The van der Waals surface area contributed by atoms with Gasteiger partial charge in [0, 0.05) is 19.1 Å². The van der Waals surface area contributed by atoms with Gasteiger partial charge in [-0.05, 0) is 37.6 Å². The van der Waals surface area contributed by atoms with Gasteiger partial charge in [-0.1, -0.05) is 32.4 Å². The number of aryl methyl sites for hydroxylation is 1. The predicted molar refractivity (Wildman–Crippen MR) is 82.3 cm³/mol. The van der Waals surface area contributed by atoms with E-state index in [2.05, 4.69) is 43.4 Å². The minimum atomic E-state index is 0.176. The SMILES string of the molecule is CCCc1ccc(OC2CC(NCC)C2OCC)cc1. The van der Waals surface area contributed by atoms with Gasteiger partial charge in [0.1, 0.15) is 18.0 Å². The van der Waals surface area contributed by atoms with E-state index in [1.54, 1.807) is 0 Å². The summed E-state index contributed by atoms with van der Waals surface area (Å²) in [6, 6.07) is 8.91. The van der Waals surface area contributed by atoms with Gasteiger partial charge in [-0.3, -0.25) is 0 Å². The molecule has 1 aliphatic rings. The van der Waals surface area contributed by atoms with Crippen molar-refractivity contribution in [2.75, 3.05) is 13.2 Å². The van der Waals surface area contributed by atoms with Crippen LogP contribution in [0.3, 0.4) is 0 Å². The average Bonchev–Trinajstić information content (AvgIpc) is 2.46. The number of benzene rings is 1. The number of rotatable bonds is 8. The molecule has 0 heterocycles. The lowest BCUT2D eigenvalue weighted by atomic mass is 9.85. The van der Waals surface area contributed by atoms with Crippen molar-refractivity contribution < 1.29 is 9.47 Å². The van der Waals surface area contributed by atoms with Gasteiger partial charge < -0.3 is 14.8 Å². The van der Waals surface area contributed by atoms with Crippen LogP contribution in [0.25, 0.3) is 0 Å². The van der Waals surface area contributed by atoms with Crippen LogP contribution >= 0.6 is 0 Å². The van der Waals surface area contributed by atoms with Crippen LogP contribution in [-0.2, 0) is 11.2 Å². The van der Waals surface area contributed by atoms with Crippen molar-refractivity contribution in [3.63, 3.8) is 0 Å². The lowest BCUT2D eigenvalue weighted by Gasteiger charge is -2.44. The van der Waals surface area contributed by atoms with E-state index in [9.17, 15) is 0 Å². The van der Waals surface area contributed by atoms with Gasteiger partial charge in [-0.25, -0.2) is 0 Å². The summed E-state index contributed by atoms with van der Waals surface area (Å²) in [7, 11) is 0. The third kappa shape index (κ3) is 3.74. The first-order valence-corrected chi connectivity index (χ1v) is 7.89. The Morgan fingerprint density at radius 3 is 2.50 bits per heavy atom. The maximum absolute atomic E-state index is 6.06. The van der Waals surface area contributed by atoms with Crippen LogP contribution in [0.2, 0.25) is 0 Å². The molecule has 0 aromatic heterocycles. The summed E-state index contributed by atoms with van der Waals surface area (Å²) >= 11 is 0. The van der Waals surface area contributed by atoms with Crippen LogP contribution in [0.5, 0.6) is 5.75 Å². The van der Waals surface area contributed by atoms with Crippen LogP contribution in [0.4, 0.5) is 0 Å². The summed E-state index contributed by atoms with van der Waals surface area (Å²) < 4.78 is 11.9. The maximum atomic E-state index is 6.06. The first-order chi connectivity index (χ1) is 9.78. The monoisotopic (exact) mass is 277 g/mol. The topological polar surface area (TPSA) is 30.5 Å². The molecule has 2 rings (SSSR count). The molecule has 0 spiro atoms. The minimum absolute atomic E-state index is 0.176. The highest BCUT2D eigenvalue weighted by molar-refractivity contribution is 5.28. The second-order valence-electron chi connectivity index (χ2n) is 5.37. The van der Waals surface area contributed by atoms with Gasteiger partial charge in [0.2, 0.25) is 0 Å². The highest BCUT2D eigenvalue weighted by Crippen LogP contribution is 2.29. The van der Waals surface area contributed by atoms with Crippen LogP contribution in [-0.4, -0.2) is 31.4 Å². The molecule has 3 atom stereocenters. The fourth-order valence-electron chi connectivity index (χ4n) is 2.77. The Kier molecular flexibility index (Phi) is 5.86. The van der Waals surface area contributed by atoms with E-state index in [1.165, 1.54) is 12.0 Å². The van der Waals surface area contributed by atoms with E-state index < -0.39 is 0 Å². The first kappa shape index (κ1) is 15.3. The molecule has 0 bridgehead atoms. The Morgan fingerprint density at radius 2 is 1.90 bits per heavy atom. The number of likely N-dealkylation sites (N-methyl/N-ethyl adjacent to an activating group) is 1. The Labute approximate surface area is 122 Å². The van der Waals surface area contributed by atoms with E-state index in [-0.39, 0.29) is 12.2 Å². The van der Waals surface area contributed by atoms with Crippen molar-refractivity contribution in [2.24, 2.45) is 0 Å². The Hall–Kier alpha value is -1.06. The van der Waals surface area contributed by atoms with E-state index in [4.69, 9.17) is 9.47 Å². The standard InChI is InChI=1S/C17H27NO2/c1-4-7-13-8-10-14(11-9-13)20-16-12-15(18-5-2)17(16)19-6-3/h8-11,15-18H,4-7,12H2,1-3H3. The molecule has 20 heavy (non-hydrogen) atoms. The van der Waals surface area contributed by atoms with Gasteiger partial charge in [-0.2, -0.15) is 0 Å². The van der Waals surface area contributed by atoms with Crippen LogP contribution in [0.1, 0.15) is 39.2 Å². The van der Waals surface area contributed by atoms with Crippen molar-refractivity contribution in [1.82, 2.24) is 5.32 Å². The molecular weight excluding hydrogens is 250 g/mol. The number of nitrogens with one attached hydrogen (secondary N) is 1. The summed E-state index contributed by atoms with van der Waals surface area (Å²) in [5.41, 5.74) is 1.38. The fourth-order valence-corrected chi connectivity index (χ4v) is 2.77. The third-order valence-corrected chi connectivity index (χ3v) is 3.82. The van der Waals surface area contributed by atoms with Crippen molar-refractivity contribution in [3.8, 4) is 5.75 Å². The molecule has 3 heteroatoms. The Bertz CT molecular complexity index is 390. The molecule has 1 aromatic carbocycles. The lowest BCUT2D eigenvalue weighted by Crippen LogP contribution is -2.61. The zero-order valence-corrected chi connectivity index (χ0v) is 12.9. The van der Waals surface area contributed by atoms with E-state index in [0.717, 1.165) is 31.7 Å². The van der Waals surface area contributed by atoms with Gasteiger partial charge in [0.05, 0.1) is 0 Å². The molecule has 1 saturated carbocycles. The smallest absolute Gasteiger partial charge is 0.128 e. The molecule has 112 valence electrons. The summed E-state index contributed by atoms with van der Waals surface area (Å²) in [5, 5.41) is 3.45. The zero-order valence-electron chi connectivity index (χ0n) is 12.9. The fraction of sp³-hybridized carbons (Fsp3) is 0.647. The van der Waals surface area contributed by atoms with Crippen LogP contribution < -0.4 is 10.1 Å². The zero-order chi connectivity index (χ0) is 14.4. The second kappa shape index (κ2) is 7.65. The van der Waals surface area contributed by atoms with Gasteiger partial charge in [0.25, 0.3) is 0 Å². The summed E-state index contributed by atoms with van der Waals surface area (Å²) in [6.45, 7) is 8.09. The highest BCUT2D eigenvalue weighted by Gasteiger charge is 2.43. The van der Waals surface area contributed by atoms with E-state index >= 15 is 0 Å². The number of hydrogen-bond acceptors (Lipinski definition) is 3. The molecule has 3 unspecified atom stereocenters. The predicted octanol–water partition coefficient (Wildman–Crippen LogP) is 3.17. The van der Waals surface area contributed by atoms with Gasteiger partial charge in [-0.15, -0.1) is 0 Å². The van der Waals surface area contributed by atoms with Crippen molar-refractivity contribution in [3.05, 3.63) is 29.8 Å². The van der Waals surface area contributed by atoms with Crippen LogP contribution in [0, 0.1) is 0 Å². The van der Waals surface area contributed by atoms with E-state index in [1.807, 2.05) is 6.92 Å². The first-order valence-electron chi connectivity index (χ1n) is 7.89. The molecule has 0 saturated heterocycles. The van der Waals surface area contributed by atoms with Crippen molar-refractivity contribution in [1.29, 1.82) is 0 Å². The molecule has 0 radical (unpaired) electrons. The number of hydrogen-bond donors (Lipinski definition) is 1. The summed E-state index contributed by atoms with van der Waals surface area (Å²) in [5.74, 6) is 0.953. The normalized spacial score (nSPS) is 25.2. The molecule has 1 fully saturated rings. The summed E-state index contributed by atoms with van der Waals surface area (Å²) in [4.78, 5) is 0. The minimum Gasteiger partial charge on any atom is -0.488 e. The molecule has 0 amide bonds. The van der Waals surface area contributed by atoms with Gasteiger partial charge in [0.15, 0.2) is 0 Å². The average molecular weight is 277 g/mol. The van der Waals surface area contributed by atoms with Crippen LogP contribution in [0.15, 0.2) is 24.3 Å². The molecular formula is C17H27NO2. The number of ether oxygens (including phenoxy) is 2. The Morgan fingerprint density at radius 1 is 1.15 bits per heavy atom. The lowest BCUT2D eigenvalue weighted by molar-refractivity contribution is -0.104. The maximum Gasteiger partial charge on any atom is 0.128 e. The third-order valence-electron chi connectivity index (χ3n) is 3.82. The molecule has 3 nitrogen and oxygen atoms in total. The molecule has 1 aromatic rings. The van der Waals surface area contributed by atoms with Crippen molar-refractivity contribution >= 4 is 0 Å². The largest absolute Gasteiger partial charge is 0.488 e. The van der Waals surface area contributed by atoms with E-state index in [0.29, 0.717) is 6.04 Å². The summed E-state index contributed by atoms with van der Waals surface area (Å²) in [6.07, 6.45) is 3.69. The molecule has 1 aliphatic carbocycles. The Balaban J connectivity index is 1.89. The second-order valence-corrected chi connectivity index (χ2v) is 5.37. The van der Waals surface area contributed by atoms with Gasteiger partial charge >= 0.3 is 0 Å². The molecule has 0 aliphatic heterocycles. The van der Waals surface area contributed by atoms with Crippen molar-refractivity contribution in [2.45, 2.75) is 58.3 Å². The molecule has 1 N–H and O–H groups in total. The highest BCUT2D eigenvalue weighted by atomic mass is 16.5.